The van der Waals surface area contributed by atoms with Gasteiger partial charge in [-0.15, -0.1) is 0 Å². The Hall–Kier alpha value is -1.73. The molecule has 12 N–H and O–H groups in total. The minimum atomic E-state index is -1.98. The van der Waals surface area contributed by atoms with Crippen molar-refractivity contribution in [1.82, 2.24) is 5.32 Å². The molecule has 3 aliphatic heterocycles. The molecule has 3 heterocycles. The summed E-state index contributed by atoms with van der Waals surface area (Å²) >= 11 is 0. The van der Waals surface area contributed by atoms with Crippen LogP contribution in [0.2, 0.25) is 0 Å². The fourth-order valence-electron chi connectivity index (χ4n) is 10.8. The highest BCUT2D eigenvalue weighted by Crippen LogP contribution is 2.33. The Morgan fingerprint density at radius 3 is 1.25 bits per heavy atom. The van der Waals surface area contributed by atoms with Gasteiger partial charge in [0.25, 0.3) is 0 Å². The number of rotatable bonds is 47. The van der Waals surface area contributed by atoms with Gasteiger partial charge >= 0.3 is 0 Å². The molecule has 3 saturated heterocycles. The van der Waals surface area contributed by atoms with Gasteiger partial charge in [-0.2, -0.15) is 0 Å². The van der Waals surface area contributed by atoms with Gasteiger partial charge in [-0.1, -0.05) is 212 Å². The van der Waals surface area contributed by atoms with Crippen molar-refractivity contribution in [2.75, 3.05) is 26.4 Å². The number of ether oxygens (including phenoxy) is 6. The van der Waals surface area contributed by atoms with Gasteiger partial charge in [0.15, 0.2) is 18.9 Å². The molecule has 19 heteroatoms. The molecule has 3 fully saturated rings. The SMILES string of the molecule is CCCCCCCCCCCCCCCCC/C=C/CC/C=C/C(O)C(COC1OC(CO)C(OC2OC(CO)C(OC3OC(CO)C(O)C(O)C3O)C(O)C2O)C(O)C1O)NC(=O)CCCCCCCCCCCCCCCC. The summed E-state index contributed by atoms with van der Waals surface area (Å²) in [4.78, 5) is 13.3. The van der Waals surface area contributed by atoms with Gasteiger partial charge in [-0.3, -0.25) is 4.79 Å². The minimum Gasteiger partial charge on any atom is -0.394 e. The van der Waals surface area contributed by atoms with Crippen LogP contribution in [0.25, 0.3) is 0 Å². The zero-order valence-corrected chi connectivity index (χ0v) is 49.1. The van der Waals surface area contributed by atoms with Crippen molar-refractivity contribution in [2.45, 2.75) is 330 Å². The molecule has 3 rings (SSSR count). The monoisotopic (exact) mass is 1150 g/mol. The Balaban J connectivity index is 1.49. The summed E-state index contributed by atoms with van der Waals surface area (Å²) in [5.41, 5.74) is 0. The van der Waals surface area contributed by atoms with Gasteiger partial charge < -0.3 is 89.9 Å². The molecule has 0 aromatic heterocycles. The quantitative estimate of drug-likeness (QED) is 0.0234. The second-order valence-corrected chi connectivity index (χ2v) is 22.9. The molecule has 19 nitrogen and oxygen atoms in total. The van der Waals surface area contributed by atoms with E-state index >= 15 is 0 Å². The molecular formula is C61H113NO18. The van der Waals surface area contributed by atoms with E-state index in [4.69, 9.17) is 28.4 Å². The lowest BCUT2D eigenvalue weighted by atomic mass is 9.96. The third-order valence-electron chi connectivity index (χ3n) is 16.0. The van der Waals surface area contributed by atoms with Crippen LogP contribution in [0, 0.1) is 0 Å². The Morgan fingerprint density at radius 1 is 0.438 bits per heavy atom. The van der Waals surface area contributed by atoms with Crippen molar-refractivity contribution < 1.29 is 89.4 Å². The molecule has 0 aromatic carbocycles. The largest absolute Gasteiger partial charge is 0.394 e. The Labute approximate surface area is 479 Å². The van der Waals surface area contributed by atoms with E-state index in [-0.39, 0.29) is 18.9 Å². The molecule has 0 saturated carbocycles. The first kappa shape index (κ1) is 72.5. The van der Waals surface area contributed by atoms with Crippen LogP contribution >= 0.6 is 0 Å². The number of amides is 1. The van der Waals surface area contributed by atoms with E-state index in [1.807, 2.05) is 6.08 Å². The molecule has 0 radical (unpaired) electrons. The zero-order valence-electron chi connectivity index (χ0n) is 49.1. The average molecular weight is 1150 g/mol. The van der Waals surface area contributed by atoms with E-state index in [1.54, 1.807) is 6.08 Å². The molecule has 0 aromatic rings. The van der Waals surface area contributed by atoms with Crippen molar-refractivity contribution >= 4 is 5.91 Å². The summed E-state index contributed by atoms with van der Waals surface area (Å²) in [5, 5.41) is 120. The van der Waals surface area contributed by atoms with E-state index in [0.29, 0.717) is 12.8 Å². The summed E-state index contributed by atoms with van der Waals surface area (Å²) in [6.45, 7) is 1.72. The summed E-state index contributed by atoms with van der Waals surface area (Å²) in [6, 6.07) is -0.985. The lowest BCUT2D eigenvalue weighted by Gasteiger charge is -2.48. The second kappa shape index (κ2) is 44.7. The maximum atomic E-state index is 13.3. The van der Waals surface area contributed by atoms with Gasteiger partial charge in [0.2, 0.25) is 5.91 Å². The maximum Gasteiger partial charge on any atom is 0.220 e. The van der Waals surface area contributed by atoms with Crippen molar-refractivity contribution in [2.24, 2.45) is 0 Å². The first-order chi connectivity index (χ1) is 38.8. The summed E-state index contributed by atoms with van der Waals surface area (Å²) in [6.07, 6.45) is 20.2. The number of hydrogen-bond donors (Lipinski definition) is 12. The van der Waals surface area contributed by atoms with Crippen LogP contribution in [-0.4, -0.2) is 193 Å². The van der Waals surface area contributed by atoms with Crippen LogP contribution in [0.3, 0.4) is 0 Å². The number of allylic oxidation sites excluding steroid dienone is 3. The van der Waals surface area contributed by atoms with E-state index in [1.165, 1.54) is 154 Å². The first-order valence-corrected chi connectivity index (χ1v) is 31.6. The number of carbonyl (C=O) groups excluding carboxylic acids is 1. The summed E-state index contributed by atoms with van der Waals surface area (Å²) in [5.74, 6) is -0.284. The van der Waals surface area contributed by atoms with Gasteiger partial charge in [-0.05, 0) is 32.1 Å². The van der Waals surface area contributed by atoms with Crippen LogP contribution in [0.1, 0.15) is 226 Å². The lowest BCUT2D eigenvalue weighted by molar-refractivity contribution is -0.379. The van der Waals surface area contributed by atoms with E-state index in [2.05, 4.69) is 31.3 Å². The number of nitrogens with one attached hydrogen (secondary N) is 1. The van der Waals surface area contributed by atoms with Crippen LogP contribution in [0.15, 0.2) is 24.3 Å². The predicted molar refractivity (Wildman–Crippen MR) is 305 cm³/mol. The average Bonchev–Trinajstić information content (AvgIpc) is 3.47. The second-order valence-electron chi connectivity index (χ2n) is 22.9. The Morgan fingerprint density at radius 2 is 0.800 bits per heavy atom. The fraction of sp³-hybridized carbons (Fsp3) is 0.918. The molecular weight excluding hydrogens is 1030 g/mol. The lowest BCUT2D eigenvalue weighted by Crippen LogP contribution is -2.66. The highest BCUT2D eigenvalue weighted by atomic mass is 16.8. The van der Waals surface area contributed by atoms with E-state index in [0.717, 1.165) is 38.5 Å². The summed E-state index contributed by atoms with van der Waals surface area (Å²) in [7, 11) is 0. The van der Waals surface area contributed by atoms with Crippen LogP contribution < -0.4 is 5.32 Å². The van der Waals surface area contributed by atoms with E-state index in [9.17, 15) is 61.0 Å². The van der Waals surface area contributed by atoms with Gasteiger partial charge in [0.05, 0.1) is 38.6 Å². The van der Waals surface area contributed by atoms with Crippen LogP contribution in [0.5, 0.6) is 0 Å². The highest BCUT2D eigenvalue weighted by Gasteiger charge is 2.53. The summed E-state index contributed by atoms with van der Waals surface area (Å²) < 4.78 is 34.2. The molecule has 17 unspecified atom stereocenters. The van der Waals surface area contributed by atoms with Crippen molar-refractivity contribution in [3.05, 3.63) is 24.3 Å². The molecule has 1 amide bonds. The van der Waals surface area contributed by atoms with Gasteiger partial charge in [-0.25, -0.2) is 0 Å². The zero-order chi connectivity index (χ0) is 58.3. The predicted octanol–water partition coefficient (Wildman–Crippen LogP) is 6.32. The van der Waals surface area contributed by atoms with Crippen molar-refractivity contribution in [3.63, 3.8) is 0 Å². The Bertz CT molecular complexity index is 1560. The normalized spacial score (nSPS) is 30.1. The standard InChI is InChI=1S/C61H113NO18/c1-3-5-7-9-11-13-15-17-19-20-21-22-23-24-25-26-28-30-32-34-36-38-45(66)44(62-49(67)39-37-35-33-31-29-27-18-16-14-12-10-8-6-4-2)43-75-59-55(73)52(70)57(47(41-64)77-59)80-61-56(74)53(71)58(48(42-65)78-61)79-60-54(72)51(69)50(68)46(40-63)76-60/h28,30,36,38,44-48,50-61,63-66,68-74H,3-27,29,31-35,37,39-43H2,1-2H3,(H,62,67)/b30-28+,38-36+. The van der Waals surface area contributed by atoms with Crippen LogP contribution in [-0.2, 0) is 33.2 Å². The topological polar surface area (TPSA) is 307 Å². The third kappa shape index (κ3) is 28.0. The first-order valence-electron chi connectivity index (χ1n) is 31.6. The van der Waals surface area contributed by atoms with Crippen LogP contribution in [0.4, 0.5) is 0 Å². The third-order valence-corrected chi connectivity index (χ3v) is 16.0. The molecule has 0 bridgehead atoms. The molecule has 470 valence electrons. The van der Waals surface area contributed by atoms with Gasteiger partial charge in [0.1, 0.15) is 73.2 Å². The number of unbranched alkanes of at least 4 members (excludes halogenated alkanes) is 29. The molecule has 3 aliphatic rings. The number of carbonyl (C=O) groups is 1. The molecule has 0 aliphatic carbocycles. The molecule has 80 heavy (non-hydrogen) atoms. The molecule has 17 atom stereocenters. The number of aliphatic hydroxyl groups excluding tert-OH is 11. The highest BCUT2D eigenvalue weighted by molar-refractivity contribution is 5.76. The van der Waals surface area contributed by atoms with Crippen molar-refractivity contribution in [1.29, 1.82) is 0 Å². The Kier molecular flexibility index (Phi) is 40.5. The smallest absolute Gasteiger partial charge is 0.220 e. The number of hydrogen-bond acceptors (Lipinski definition) is 18. The molecule has 0 spiro atoms. The van der Waals surface area contributed by atoms with E-state index < -0.39 is 124 Å². The van der Waals surface area contributed by atoms with Crippen molar-refractivity contribution in [3.8, 4) is 0 Å². The minimum absolute atomic E-state index is 0.240. The fourth-order valence-corrected chi connectivity index (χ4v) is 10.8. The number of aliphatic hydroxyl groups is 11. The van der Waals surface area contributed by atoms with Gasteiger partial charge in [0, 0.05) is 6.42 Å². The maximum absolute atomic E-state index is 13.3.